The van der Waals surface area contributed by atoms with Gasteiger partial charge in [0.1, 0.15) is 11.6 Å². The molecule has 0 bridgehead atoms. The minimum atomic E-state index is -0.430. The summed E-state index contributed by atoms with van der Waals surface area (Å²) < 4.78 is 16.5. The molecule has 2 aromatic heterocycles. The number of nitrogens with zero attached hydrogens (tertiary/aromatic N) is 2. The van der Waals surface area contributed by atoms with E-state index in [0.29, 0.717) is 6.17 Å². The molecule has 4 heteroatoms. The number of hydrogen-bond donors (Lipinski definition) is 2. The molecule has 0 saturated carbocycles. The van der Waals surface area contributed by atoms with Crippen LogP contribution in [0.2, 0.25) is 0 Å². The second-order valence-corrected chi connectivity index (χ2v) is 5.69. The third kappa shape index (κ3) is 2.89. The molecule has 0 fully saturated rings. The van der Waals surface area contributed by atoms with Crippen LogP contribution in [0.25, 0.3) is 0 Å². The van der Waals surface area contributed by atoms with E-state index in [4.69, 9.17) is 7.73 Å². The van der Waals surface area contributed by atoms with E-state index in [0.717, 1.165) is 54.4 Å². The monoisotopic (exact) mass is 290 g/mol. The van der Waals surface area contributed by atoms with Gasteiger partial charge in [-0.05, 0) is 19.7 Å². The normalized spacial score (nSPS) is 17.2. The second-order valence-electron chi connectivity index (χ2n) is 5.69. The molecule has 2 aromatic rings. The number of aromatic nitrogens is 4. The van der Waals surface area contributed by atoms with Gasteiger partial charge in [-0.15, -0.1) is 0 Å². The molecule has 21 heavy (non-hydrogen) atoms. The molecule has 116 valence electrons. The van der Waals surface area contributed by atoms with Crippen LogP contribution in [0.15, 0.2) is 6.17 Å². The molecule has 0 aliphatic heterocycles. The Morgan fingerprint density at radius 1 is 1.19 bits per heavy atom. The van der Waals surface area contributed by atoms with E-state index in [9.17, 15) is 0 Å². The Hall–Kier alpha value is -1.58. The summed E-state index contributed by atoms with van der Waals surface area (Å²) in [6.45, 7) is 10.2. The Balaban J connectivity index is 2.65. The molecule has 0 aliphatic rings. The fourth-order valence-electron chi connectivity index (χ4n) is 2.85. The van der Waals surface area contributed by atoms with Crippen molar-refractivity contribution in [3.05, 3.63) is 34.9 Å². The van der Waals surface area contributed by atoms with Crippen molar-refractivity contribution in [2.75, 3.05) is 0 Å². The molecule has 2 atom stereocenters. The standard InChI is InChI=1S/C17H28N4/c1-6-10-17(5,13-11-18-14(8-3)20-13)16-12(7-2)19-15(9-4)21-16/h11H,6-10H2,1-5H3,(H,18,20)(H,19,21)/i7D,11D. The van der Waals surface area contributed by atoms with Gasteiger partial charge in [-0.25, -0.2) is 9.97 Å². The van der Waals surface area contributed by atoms with Gasteiger partial charge in [0, 0.05) is 31.8 Å². The van der Waals surface area contributed by atoms with Crippen molar-refractivity contribution in [1.29, 1.82) is 0 Å². The number of hydrogen-bond acceptors (Lipinski definition) is 2. The lowest BCUT2D eigenvalue weighted by atomic mass is 9.78. The third-order valence-corrected chi connectivity index (χ3v) is 4.14. The molecular weight excluding hydrogens is 260 g/mol. The van der Waals surface area contributed by atoms with Gasteiger partial charge >= 0.3 is 0 Å². The Kier molecular flexibility index (Phi) is 4.03. The van der Waals surface area contributed by atoms with Gasteiger partial charge in [0.05, 0.1) is 12.5 Å². The molecule has 2 unspecified atom stereocenters. The van der Waals surface area contributed by atoms with Gasteiger partial charge in [0.25, 0.3) is 0 Å². The van der Waals surface area contributed by atoms with Gasteiger partial charge in [0.2, 0.25) is 0 Å². The van der Waals surface area contributed by atoms with Gasteiger partial charge in [-0.1, -0.05) is 34.1 Å². The van der Waals surface area contributed by atoms with Crippen molar-refractivity contribution >= 4 is 0 Å². The molecule has 0 aromatic carbocycles. The van der Waals surface area contributed by atoms with Crippen LogP contribution in [0.3, 0.4) is 0 Å². The molecule has 2 rings (SSSR count). The quantitative estimate of drug-likeness (QED) is 0.812. The summed E-state index contributed by atoms with van der Waals surface area (Å²) in [6, 6.07) is 0. The molecule has 0 radical (unpaired) electrons. The highest BCUT2D eigenvalue weighted by Gasteiger charge is 2.34. The van der Waals surface area contributed by atoms with Crippen LogP contribution in [0.4, 0.5) is 0 Å². The maximum Gasteiger partial charge on any atom is 0.106 e. The van der Waals surface area contributed by atoms with Crippen LogP contribution < -0.4 is 0 Å². The molecule has 2 N–H and O–H groups in total. The predicted octanol–water partition coefficient (Wildman–Crippen LogP) is 3.93. The summed E-state index contributed by atoms with van der Waals surface area (Å²) in [4.78, 5) is 15.8. The van der Waals surface area contributed by atoms with E-state index in [1.165, 1.54) is 0 Å². The zero-order valence-electron chi connectivity index (χ0n) is 15.8. The molecule has 4 nitrogen and oxygen atoms in total. The zero-order valence-corrected chi connectivity index (χ0v) is 13.8. The number of aryl methyl sites for hydroxylation is 3. The van der Waals surface area contributed by atoms with Crippen molar-refractivity contribution in [1.82, 2.24) is 19.9 Å². The first kappa shape index (κ1) is 13.1. The van der Waals surface area contributed by atoms with E-state index in [2.05, 4.69) is 35.7 Å². The molecule has 0 saturated heterocycles. The average Bonchev–Trinajstić information content (AvgIpc) is 3.11. The fourth-order valence-corrected chi connectivity index (χ4v) is 2.85. The SMILES string of the molecule is [2H]c1nc(CC)[nH]c1C(C)(CCC)c1nc(CC)[nH]c1C([2H])C. The zero-order chi connectivity index (χ0) is 17.2. The maximum atomic E-state index is 8.28. The Labute approximate surface area is 130 Å². The molecule has 0 aliphatic carbocycles. The summed E-state index contributed by atoms with van der Waals surface area (Å²) in [5.74, 6) is 1.73. The van der Waals surface area contributed by atoms with Crippen molar-refractivity contribution in [2.45, 2.75) is 72.1 Å². The maximum absolute atomic E-state index is 8.28. The molecule has 0 amide bonds. The lowest BCUT2D eigenvalue weighted by molar-refractivity contribution is 0.482. The lowest BCUT2D eigenvalue weighted by Crippen LogP contribution is -2.26. The van der Waals surface area contributed by atoms with E-state index in [-0.39, 0.29) is 6.40 Å². The van der Waals surface area contributed by atoms with Crippen molar-refractivity contribution in [2.24, 2.45) is 0 Å². The topological polar surface area (TPSA) is 57.4 Å². The van der Waals surface area contributed by atoms with Gasteiger partial charge in [-0.3, -0.25) is 0 Å². The number of rotatable bonds is 7. The summed E-state index contributed by atoms with van der Waals surface area (Å²) in [5.41, 5.74) is 2.12. The lowest BCUT2D eigenvalue weighted by Gasteiger charge is -2.27. The first-order valence-corrected chi connectivity index (χ1v) is 7.94. The Morgan fingerprint density at radius 2 is 1.90 bits per heavy atom. The van der Waals surface area contributed by atoms with Gasteiger partial charge in [0.15, 0.2) is 0 Å². The van der Waals surface area contributed by atoms with Crippen LogP contribution >= 0.6 is 0 Å². The smallest absolute Gasteiger partial charge is 0.106 e. The number of H-pyrrole nitrogens is 2. The Morgan fingerprint density at radius 3 is 2.43 bits per heavy atom. The first-order chi connectivity index (χ1) is 10.9. The first-order valence-electron chi connectivity index (χ1n) is 9.02. The molecule has 0 spiro atoms. The van der Waals surface area contributed by atoms with E-state index in [1.807, 2.05) is 13.8 Å². The van der Waals surface area contributed by atoms with Gasteiger partial charge < -0.3 is 9.97 Å². The Bertz CT molecular complexity index is 660. The van der Waals surface area contributed by atoms with E-state index in [1.54, 1.807) is 0 Å². The summed E-state index contributed by atoms with van der Waals surface area (Å²) >= 11 is 0. The highest BCUT2D eigenvalue weighted by Crippen LogP contribution is 2.36. The predicted molar refractivity (Wildman–Crippen MR) is 86.7 cm³/mol. The average molecular weight is 290 g/mol. The fraction of sp³-hybridized carbons (Fsp3) is 0.647. The van der Waals surface area contributed by atoms with Crippen molar-refractivity contribution < 1.29 is 2.74 Å². The number of aromatic amines is 2. The van der Waals surface area contributed by atoms with Crippen LogP contribution in [-0.2, 0) is 24.7 Å². The summed E-state index contributed by atoms with van der Waals surface area (Å²) in [5, 5.41) is 0. The molecular formula is C17H28N4. The third-order valence-electron chi connectivity index (χ3n) is 4.14. The summed E-state index contributed by atoms with van der Waals surface area (Å²) in [6.07, 6.45) is 3.32. The van der Waals surface area contributed by atoms with Gasteiger partial charge in [-0.2, -0.15) is 0 Å². The highest BCUT2D eigenvalue weighted by atomic mass is 15.0. The second kappa shape index (κ2) is 6.46. The van der Waals surface area contributed by atoms with E-state index >= 15 is 0 Å². The summed E-state index contributed by atoms with van der Waals surface area (Å²) in [7, 11) is 0. The minimum Gasteiger partial charge on any atom is -0.346 e. The van der Waals surface area contributed by atoms with E-state index < -0.39 is 5.41 Å². The highest BCUT2D eigenvalue weighted by molar-refractivity contribution is 5.34. The van der Waals surface area contributed by atoms with Crippen molar-refractivity contribution in [3.63, 3.8) is 0 Å². The van der Waals surface area contributed by atoms with Crippen LogP contribution in [0.5, 0.6) is 0 Å². The molecule has 2 heterocycles. The largest absolute Gasteiger partial charge is 0.346 e. The van der Waals surface area contributed by atoms with Crippen LogP contribution in [0, 0.1) is 0 Å². The van der Waals surface area contributed by atoms with Crippen LogP contribution in [-0.4, -0.2) is 19.9 Å². The number of nitrogens with one attached hydrogen (secondary N) is 2. The number of imidazole rings is 2. The van der Waals surface area contributed by atoms with Crippen LogP contribution in [0.1, 0.15) is 78.9 Å². The minimum absolute atomic E-state index is 0.294. The van der Waals surface area contributed by atoms with Crippen molar-refractivity contribution in [3.8, 4) is 0 Å².